The van der Waals surface area contributed by atoms with Crippen LogP contribution in [0.15, 0.2) is 59.5 Å². The molecule has 0 aromatic heterocycles. The van der Waals surface area contributed by atoms with Crippen LogP contribution in [0.2, 0.25) is 0 Å². The normalized spacial score (nSPS) is 12.6. The summed E-state index contributed by atoms with van der Waals surface area (Å²) in [6.45, 7) is 1.96. The van der Waals surface area contributed by atoms with Crippen LogP contribution < -0.4 is 5.32 Å². The fraction of sp³-hybridized carbons (Fsp3) is 0.235. The van der Waals surface area contributed by atoms with Crippen LogP contribution in [0.4, 0.5) is 5.69 Å². The first-order chi connectivity index (χ1) is 10.4. The van der Waals surface area contributed by atoms with Crippen molar-refractivity contribution >= 4 is 21.4 Å². The predicted octanol–water partition coefficient (Wildman–Crippen LogP) is 3.22. The molecule has 2 aromatic rings. The molecule has 22 heavy (non-hydrogen) atoms. The van der Waals surface area contributed by atoms with E-state index in [0.29, 0.717) is 12.1 Å². The molecule has 1 atom stereocenters. The van der Waals surface area contributed by atoms with Gasteiger partial charge in [0.15, 0.2) is 9.84 Å². The molecule has 0 spiro atoms. The molecule has 2 aromatic carbocycles. The van der Waals surface area contributed by atoms with Gasteiger partial charge in [-0.05, 0) is 36.2 Å². The number of carbonyl (C=O) groups is 1. The maximum Gasteiger partial charge on any atom is 0.231 e. The van der Waals surface area contributed by atoms with Crippen molar-refractivity contribution in [2.75, 3.05) is 11.6 Å². The van der Waals surface area contributed by atoms with Crippen molar-refractivity contribution in [3.05, 3.63) is 60.2 Å². The van der Waals surface area contributed by atoms with E-state index in [4.69, 9.17) is 0 Å². The Labute approximate surface area is 131 Å². The molecule has 0 fully saturated rings. The smallest absolute Gasteiger partial charge is 0.231 e. The molecule has 0 bridgehead atoms. The summed E-state index contributed by atoms with van der Waals surface area (Å²) in [7, 11) is -3.22. The first-order valence-electron chi connectivity index (χ1n) is 7.07. The SMILES string of the molecule is CCC(C(=O)Nc1ccc(S(C)(=O)=O)cc1)c1ccccc1. The fourth-order valence-corrected chi connectivity index (χ4v) is 2.90. The van der Waals surface area contributed by atoms with Gasteiger partial charge >= 0.3 is 0 Å². The minimum absolute atomic E-state index is 0.0965. The summed E-state index contributed by atoms with van der Waals surface area (Å²) < 4.78 is 22.8. The van der Waals surface area contributed by atoms with Crippen LogP contribution in [-0.4, -0.2) is 20.6 Å². The lowest BCUT2D eigenvalue weighted by atomic mass is 9.95. The van der Waals surface area contributed by atoms with E-state index < -0.39 is 9.84 Å². The number of hydrogen-bond donors (Lipinski definition) is 1. The second-order valence-electron chi connectivity index (χ2n) is 5.16. The van der Waals surface area contributed by atoms with Gasteiger partial charge in [0, 0.05) is 11.9 Å². The van der Waals surface area contributed by atoms with Crippen LogP contribution in [0.5, 0.6) is 0 Å². The summed E-state index contributed by atoms with van der Waals surface area (Å²) in [5.41, 5.74) is 1.56. The van der Waals surface area contributed by atoms with Crippen LogP contribution in [0, 0.1) is 0 Å². The maximum atomic E-state index is 12.4. The van der Waals surface area contributed by atoms with E-state index in [1.807, 2.05) is 37.3 Å². The van der Waals surface area contributed by atoms with Crippen LogP contribution in [-0.2, 0) is 14.6 Å². The lowest BCUT2D eigenvalue weighted by Crippen LogP contribution is -2.20. The van der Waals surface area contributed by atoms with Gasteiger partial charge in [-0.3, -0.25) is 4.79 Å². The highest BCUT2D eigenvalue weighted by atomic mass is 32.2. The summed E-state index contributed by atoms with van der Waals surface area (Å²) in [4.78, 5) is 12.6. The number of nitrogens with one attached hydrogen (secondary N) is 1. The number of sulfone groups is 1. The van der Waals surface area contributed by atoms with Crippen molar-refractivity contribution in [2.24, 2.45) is 0 Å². The van der Waals surface area contributed by atoms with E-state index in [-0.39, 0.29) is 16.7 Å². The van der Waals surface area contributed by atoms with Gasteiger partial charge < -0.3 is 5.32 Å². The molecule has 0 aliphatic rings. The van der Waals surface area contributed by atoms with Crippen LogP contribution >= 0.6 is 0 Å². The Morgan fingerprint density at radius 2 is 1.64 bits per heavy atom. The largest absolute Gasteiger partial charge is 0.326 e. The van der Waals surface area contributed by atoms with Crippen molar-refractivity contribution in [3.63, 3.8) is 0 Å². The minimum atomic E-state index is -3.22. The van der Waals surface area contributed by atoms with E-state index in [9.17, 15) is 13.2 Å². The van der Waals surface area contributed by atoms with Crippen molar-refractivity contribution in [1.29, 1.82) is 0 Å². The summed E-state index contributed by atoms with van der Waals surface area (Å²) in [6, 6.07) is 15.8. The van der Waals surface area contributed by atoms with E-state index in [1.54, 1.807) is 12.1 Å². The molecule has 0 radical (unpaired) electrons. The predicted molar refractivity (Wildman–Crippen MR) is 87.7 cm³/mol. The zero-order valence-electron chi connectivity index (χ0n) is 12.6. The molecule has 0 saturated carbocycles. The van der Waals surface area contributed by atoms with Gasteiger partial charge in [0.25, 0.3) is 0 Å². The molecule has 2 rings (SSSR count). The van der Waals surface area contributed by atoms with Gasteiger partial charge in [0.2, 0.25) is 5.91 Å². The topological polar surface area (TPSA) is 63.2 Å². The molecular formula is C17H19NO3S. The minimum Gasteiger partial charge on any atom is -0.326 e. The van der Waals surface area contributed by atoms with Crippen molar-refractivity contribution in [2.45, 2.75) is 24.2 Å². The standard InChI is InChI=1S/C17H19NO3S/c1-3-16(13-7-5-4-6-8-13)17(19)18-14-9-11-15(12-10-14)22(2,20)21/h4-12,16H,3H2,1-2H3,(H,18,19). The molecule has 0 saturated heterocycles. The first kappa shape index (κ1) is 16.2. The van der Waals surface area contributed by atoms with Gasteiger partial charge in [0.05, 0.1) is 10.8 Å². The Morgan fingerprint density at radius 3 is 2.14 bits per heavy atom. The van der Waals surface area contributed by atoms with E-state index in [2.05, 4.69) is 5.32 Å². The molecule has 116 valence electrons. The molecule has 5 heteroatoms. The zero-order valence-corrected chi connectivity index (χ0v) is 13.4. The Hall–Kier alpha value is -2.14. The second-order valence-corrected chi connectivity index (χ2v) is 7.17. The highest BCUT2D eigenvalue weighted by molar-refractivity contribution is 7.90. The number of benzene rings is 2. The average molecular weight is 317 g/mol. The Bertz CT molecular complexity index is 737. The highest BCUT2D eigenvalue weighted by Crippen LogP contribution is 2.22. The molecule has 0 aliphatic heterocycles. The lowest BCUT2D eigenvalue weighted by molar-refractivity contribution is -0.117. The van der Waals surface area contributed by atoms with E-state index in [0.717, 1.165) is 11.8 Å². The lowest BCUT2D eigenvalue weighted by Gasteiger charge is -2.15. The van der Waals surface area contributed by atoms with Gasteiger partial charge in [-0.25, -0.2) is 8.42 Å². The van der Waals surface area contributed by atoms with Crippen molar-refractivity contribution in [3.8, 4) is 0 Å². The summed E-state index contributed by atoms with van der Waals surface area (Å²) >= 11 is 0. The molecule has 0 aliphatic carbocycles. The van der Waals surface area contributed by atoms with Crippen LogP contribution in [0.1, 0.15) is 24.8 Å². The number of amides is 1. The van der Waals surface area contributed by atoms with E-state index >= 15 is 0 Å². The van der Waals surface area contributed by atoms with Gasteiger partial charge in [-0.2, -0.15) is 0 Å². The number of carbonyl (C=O) groups excluding carboxylic acids is 1. The molecule has 1 unspecified atom stereocenters. The monoisotopic (exact) mass is 317 g/mol. The Morgan fingerprint density at radius 1 is 1.05 bits per heavy atom. The van der Waals surface area contributed by atoms with Crippen LogP contribution in [0.25, 0.3) is 0 Å². The zero-order chi connectivity index (χ0) is 16.2. The third-order valence-electron chi connectivity index (χ3n) is 3.48. The van der Waals surface area contributed by atoms with Gasteiger partial charge in [-0.15, -0.1) is 0 Å². The fourth-order valence-electron chi connectivity index (χ4n) is 2.27. The summed E-state index contributed by atoms with van der Waals surface area (Å²) in [5.74, 6) is -0.323. The van der Waals surface area contributed by atoms with Gasteiger partial charge in [-0.1, -0.05) is 37.3 Å². The quantitative estimate of drug-likeness (QED) is 0.921. The summed E-state index contributed by atoms with van der Waals surface area (Å²) in [6.07, 6.45) is 1.85. The average Bonchev–Trinajstić information content (AvgIpc) is 2.48. The third-order valence-corrected chi connectivity index (χ3v) is 4.61. The molecular weight excluding hydrogens is 298 g/mol. The second kappa shape index (κ2) is 6.75. The van der Waals surface area contributed by atoms with Crippen molar-refractivity contribution < 1.29 is 13.2 Å². The number of rotatable bonds is 5. The summed E-state index contributed by atoms with van der Waals surface area (Å²) in [5, 5.41) is 2.84. The molecule has 4 nitrogen and oxygen atoms in total. The van der Waals surface area contributed by atoms with Gasteiger partial charge in [0.1, 0.15) is 0 Å². The molecule has 1 N–H and O–H groups in total. The first-order valence-corrected chi connectivity index (χ1v) is 8.97. The Kier molecular flexibility index (Phi) is 4.98. The maximum absolute atomic E-state index is 12.4. The molecule has 1 amide bonds. The number of anilines is 1. The van der Waals surface area contributed by atoms with Crippen molar-refractivity contribution in [1.82, 2.24) is 0 Å². The van der Waals surface area contributed by atoms with E-state index in [1.165, 1.54) is 12.1 Å². The van der Waals surface area contributed by atoms with Crippen LogP contribution in [0.3, 0.4) is 0 Å². The molecule has 0 heterocycles. The third kappa shape index (κ3) is 3.95. The Balaban J connectivity index is 2.14. The highest BCUT2D eigenvalue weighted by Gasteiger charge is 2.18. The number of hydrogen-bond acceptors (Lipinski definition) is 3.